The molecule has 1 fully saturated rings. The first kappa shape index (κ1) is 17.4. The summed E-state index contributed by atoms with van der Waals surface area (Å²) in [6, 6.07) is 12.1. The number of amides is 1. The van der Waals surface area contributed by atoms with Crippen molar-refractivity contribution in [3.05, 3.63) is 53.7 Å². The molecular formula is C20H26N4O. The Labute approximate surface area is 149 Å². The number of anilines is 2. The van der Waals surface area contributed by atoms with Crippen LogP contribution in [0.3, 0.4) is 0 Å². The molecule has 5 nitrogen and oxygen atoms in total. The number of benzene rings is 1. The summed E-state index contributed by atoms with van der Waals surface area (Å²) in [5.74, 6) is 1.12. The van der Waals surface area contributed by atoms with E-state index in [1.165, 1.54) is 5.56 Å². The Morgan fingerprint density at radius 3 is 2.60 bits per heavy atom. The lowest BCUT2D eigenvalue weighted by Crippen LogP contribution is -2.47. The lowest BCUT2D eigenvalue weighted by atomic mass is 10.1. The van der Waals surface area contributed by atoms with Crippen LogP contribution in [0.5, 0.6) is 0 Å². The van der Waals surface area contributed by atoms with Crippen molar-refractivity contribution in [2.24, 2.45) is 0 Å². The molecule has 1 aromatic heterocycles. The molecule has 0 spiro atoms. The number of carbonyl (C=O) groups excluding carboxylic acids is 1. The van der Waals surface area contributed by atoms with Gasteiger partial charge in [-0.25, -0.2) is 4.98 Å². The van der Waals surface area contributed by atoms with Gasteiger partial charge in [0.2, 0.25) is 5.91 Å². The summed E-state index contributed by atoms with van der Waals surface area (Å²) in [4.78, 5) is 21.3. The highest BCUT2D eigenvalue weighted by atomic mass is 16.1. The van der Waals surface area contributed by atoms with Crippen LogP contribution in [0.25, 0.3) is 0 Å². The third kappa shape index (κ3) is 4.79. The number of hydrogen-bond donors (Lipinski definition) is 1. The second kappa shape index (κ2) is 8.12. The van der Waals surface area contributed by atoms with Crippen LogP contribution >= 0.6 is 0 Å². The van der Waals surface area contributed by atoms with Crippen LogP contribution in [0, 0.1) is 13.8 Å². The molecular weight excluding hydrogens is 312 g/mol. The molecule has 2 aromatic rings. The van der Waals surface area contributed by atoms with Gasteiger partial charge in [-0.2, -0.15) is 0 Å². The van der Waals surface area contributed by atoms with Crippen LogP contribution in [0.4, 0.5) is 11.5 Å². The number of aromatic nitrogens is 1. The van der Waals surface area contributed by atoms with Gasteiger partial charge < -0.3 is 10.2 Å². The van der Waals surface area contributed by atoms with Crippen molar-refractivity contribution in [1.29, 1.82) is 0 Å². The molecule has 0 unspecified atom stereocenters. The summed E-state index contributed by atoms with van der Waals surface area (Å²) in [7, 11) is 0. The first-order valence-corrected chi connectivity index (χ1v) is 8.87. The monoisotopic (exact) mass is 338 g/mol. The normalized spacial score (nSPS) is 15.2. The summed E-state index contributed by atoms with van der Waals surface area (Å²) in [5.41, 5.74) is 3.23. The van der Waals surface area contributed by atoms with Gasteiger partial charge in [0.25, 0.3) is 0 Å². The van der Waals surface area contributed by atoms with Crippen molar-refractivity contribution in [2.75, 3.05) is 42.9 Å². The Balaban J connectivity index is 1.43. The van der Waals surface area contributed by atoms with Gasteiger partial charge in [0.1, 0.15) is 5.82 Å². The molecule has 1 aliphatic rings. The highest BCUT2D eigenvalue weighted by Crippen LogP contribution is 2.16. The highest BCUT2D eigenvalue weighted by Gasteiger charge is 2.18. The third-order valence-electron chi connectivity index (χ3n) is 4.66. The van der Waals surface area contributed by atoms with E-state index in [1.54, 1.807) is 0 Å². The van der Waals surface area contributed by atoms with Crippen LogP contribution in [0.1, 0.15) is 17.5 Å². The first-order valence-electron chi connectivity index (χ1n) is 8.87. The molecule has 2 heterocycles. The van der Waals surface area contributed by atoms with Crippen molar-refractivity contribution >= 4 is 17.4 Å². The predicted molar refractivity (Wildman–Crippen MR) is 102 cm³/mol. The number of nitrogens with zero attached hydrogens (tertiary/aromatic N) is 3. The number of hydrogen-bond acceptors (Lipinski definition) is 4. The summed E-state index contributed by atoms with van der Waals surface area (Å²) < 4.78 is 0. The maximum atomic E-state index is 12.2. The minimum atomic E-state index is 0.0825. The topological polar surface area (TPSA) is 48.5 Å². The van der Waals surface area contributed by atoms with Gasteiger partial charge in [0.15, 0.2) is 0 Å². The number of aryl methyl sites for hydroxylation is 2. The molecule has 0 radical (unpaired) electrons. The zero-order valence-electron chi connectivity index (χ0n) is 15.0. The van der Waals surface area contributed by atoms with Crippen LogP contribution in [-0.4, -0.2) is 48.5 Å². The average Bonchev–Trinajstić information content (AvgIpc) is 2.63. The fraction of sp³-hybridized carbons (Fsp3) is 0.400. The Kier molecular flexibility index (Phi) is 5.66. The minimum absolute atomic E-state index is 0.0825. The summed E-state index contributed by atoms with van der Waals surface area (Å²) in [5, 5.41) is 3.03. The zero-order chi connectivity index (χ0) is 17.6. The van der Waals surface area contributed by atoms with Gasteiger partial charge in [-0.15, -0.1) is 0 Å². The maximum Gasteiger partial charge on any atom is 0.225 e. The number of nitrogens with one attached hydrogen (secondary N) is 1. The van der Waals surface area contributed by atoms with E-state index in [2.05, 4.69) is 33.1 Å². The van der Waals surface area contributed by atoms with Crippen LogP contribution in [0.2, 0.25) is 0 Å². The van der Waals surface area contributed by atoms with Crippen molar-refractivity contribution in [3.63, 3.8) is 0 Å². The van der Waals surface area contributed by atoms with Crippen LogP contribution < -0.4 is 10.2 Å². The lowest BCUT2D eigenvalue weighted by Gasteiger charge is -2.35. The summed E-state index contributed by atoms with van der Waals surface area (Å²) >= 11 is 0. The Bertz CT molecular complexity index is 709. The standard InChI is InChI=1S/C20H26N4O/c1-16-6-7-18(17(2)15-16)22-20(25)8-10-23-11-13-24(14-12-23)19-5-3-4-9-21-19/h3-7,9,15H,8,10-14H2,1-2H3,(H,22,25). The summed E-state index contributed by atoms with van der Waals surface area (Å²) in [6.45, 7) is 8.72. The van der Waals surface area contributed by atoms with Crippen LogP contribution in [-0.2, 0) is 4.79 Å². The van der Waals surface area contributed by atoms with Gasteiger partial charge in [-0.3, -0.25) is 9.69 Å². The van der Waals surface area contributed by atoms with E-state index in [-0.39, 0.29) is 5.91 Å². The molecule has 1 aliphatic heterocycles. The van der Waals surface area contributed by atoms with E-state index >= 15 is 0 Å². The number of piperazine rings is 1. The smallest absolute Gasteiger partial charge is 0.225 e. The molecule has 0 atom stereocenters. The fourth-order valence-electron chi connectivity index (χ4n) is 3.17. The van der Waals surface area contributed by atoms with Gasteiger partial charge in [-0.05, 0) is 37.6 Å². The van der Waals surface area contributed by atoms with E-state index in [1.807, 2.05) is 43.5 Å². The van der Waals surface area contributed by atoms with Crippen LogP contribution in [0.15, 0.2) is 42.6 Å². The molecule has 0 aliphatic carbocycles. The van der Waals surface area contributed by atoms with E-state index in [9.17, 15) is 4.79 Å². The van der Waals surface area contributed by atoms with E-state index in [0.29, 0.717) is 6.42 Å². The van der Waals surface area contributed by atoms with Gasteiger partial charge in [0.05, 0.1) is 0 Å². The number of pyridine rings is 1. The molecule has 0 bridgehead atoms. The molecule has 3 rings (SSSR count). The molecule has 132 valence electrons. The molecule has 1 N–H and O–H groups in total. The molecule has 5 heteroatoms. The maximum absolute atomic E-state index is 12.2. The minimum Gasteiger partial charge on any atom is -0.354 e. The lowest BCUT2D eigenvalue weighted by molar-refractivity contribution is -0.116. The van der Waals surface area contributed by atoms with Gasteiger partial charge in [-0.1, -0.05) is 23.8 Å². The van der Waals surface area contributed by atoms with Gasteiger partial charge in [0, 0.05) is 51.0 Å². The van der Waals surface area contributed by atoms with E-state index in [4.69, 9.17) is 0 Å². The molecule has 1 amide bonds. The quantitative estimate of drug-likeness (QED) is 0.911. The Morgan fingerprint density at radius 2 is 1.92 bits per heavy atom. The first-order chi connectivity index (χ1) is 12.1. The SMILES string of the molecule is Cc1ccc(NC(=O)CCN2CCN(c3ccccn3)CC2)c(C)c1. The van der Waals surface area contributed by atoms with Crippen molar-refractivity contribution in [1.82, 2.24) is 9.88 Å². The van der Waals surface area contributed by atoms with E-state index in [0.717, 1.165) is 49.8 Å². The second-order valence-electron chi connectivity index (χ2n) is 6.63. The molecule has 0 saturated carbocycles. The molecule has 1 saturated heterocycles. The number of rotatable bonds is 5. The summed E-state index contributed by atoms with van der Waals surface area (Å²) in [6.07, 6.45) is 2.36. The Hall–Kier alpha value is -2.40. The van der Waals surface area contributed by atoms with Crippen molar-refractivity contribution in [3.8, 4) is 0 Å². The average molecular weight is 338 g/mol. The van der Waals surface area contributed by atoms with Gasteiger partial charge >= 0.3 is 0 Å². The molecule has 1 aromatic carbocycles. The molecule has 25 heavy (non-hydrogen) atoms. The largest absolute Gasteiger partial charge is 0.354 e. The van der Waals surface area contributed by atoms with E-state index < -0.39 is 0 Å². The third-order valence-corrected chi connectivity index (χ3v) is 4.66. The highest BCUT2D eigenvalue weighted by molar-refractivity contribution is 5.91. The zero-order valence-corrected chi connectivity index (χ0v) is 15.0. The Morgan fingerprint density at radius 1 is 1.12 bits per heavy atom. The number of carbonyl (C=O) groups is 1. The second-order valence-corrected chi connectivity index (χ2v) is 6.63. The predicted octanol–water partition coefficient (Wildman–Crippen LogP) is 2.85. The van der Waals surface area contributed by atoms with Crippen molar-refractivity contribution < 1.29 is 4.79 Å². The fourth-order valence-corrected chi connectivity index (χ4v) is 3.17. The van der Waals surface area contributed by atoms with Crippen molar-refractivity contribution in [2.45, 2.75) is 20.3 Å².